The number of thiophene rings is 1. The van der Waals surface area contributed by atoms with E-state index >= 15 is 0 Å². The fraction of sp³-hybridized carbons (Fsp3) is 0.250. The third kappa shape index (κ3) is 6.00. The first-order chi connectivity index (χ1) is 17.1. The van der Waals surface area contributed by atoms with Crippen molar-refractivity contribution in [3.05, 3.63) is 80.2 Å². The summed E-state index contributed by atoms with van der Waals surface area (Å²) in [6.45, 7) is 0. The maximum atomic E-state index is 13.3. The number of hydrogen-bond acceptors (Lipinski definition) is 6. The molecule has 3 aromatic rings. The number of nitrogens with zero attached hydrogens (tertiary/aromatic N) is 1. The zero-order valence-corrected chi connectivity index (χ0v) is 19.5. The number of benzene rings is 2. The van der Waals surface area contributed by atoms with Gasteiger partial charge in [-0.3, -0.25) is 19.7 Å². The predicted octanol–water partition coefficient (Wildman–Crippen LogP) is 6.33. The van der Waals surface area contributed by atoms with Crippen LogP contribution in [-0.4, -0.2) is 23.1 Å². The Hall–Kier alpha value is -3.93. The molecule has 4 rings (SSSR count). The molecule has 0 atom stereocenters. The standard InChI is InChI=1S/C24H20F3N3O5S/c25-24(26,27)35-17-12-8-15(9-13-17)28-22(32)20-18-4-2-1-3-5-19(18)36-23(20)29-21(31)14-6-10-16(11-7-14)30(33)34/h6-13H,1-5H2,(H,28,32)(H,29,31). The number of aryl methyl sites for hydroxylation is 1. The van der Waals surface area contributed by atoms with Crippen LogP contribution in [-0.2, 0) is 12.8 Å². The molecule has 0 aliphatic heterocycles. The molecule has 2 aromatic carbocycles. The van der Waals surface area contributed by atoms with Crippen LogP contribution >= 0.6 is 11.3 Å². The van der Waals surface area contributed by atoms with Crippen molar-refractivity contribution in [2.24, 2.45) is 0 Å². The zero-order chi connectivity index (χ0) is 25.9. The number of nitro groups is 1. The van der Waals surface area contributed by atoms with E-state index in [1.807, 2.05) is 0 Å². The lowest BCUT2D eigenvalue weighted by Gasteiger charge is -2.12. The van der Waals surface area contributed by atoms with E-state index in [4.69, 9.17) is 0 Å². The number of halogens is 3. The average molecular weight is 520 g/mol. The van der Waals surface area contributed by atoms with Gasteiger partial charge in [0.25, 0.3) is 17.5 Å². The monoisotopic (exact) mass is 519 g/mol. The lowest BCUT2D eigenvalue weighted by molar-refractivity contribution is -0.384. The number of nitrogens with one attached hydrogen (secondary N) is 2. The number of fused-ring (bicyclic) bond motifs is 1. The highest BCUT2D eigenvalue weighted by atomic mass is 32.1. The van der Waals surface area contributed by atoms with Crippen LogP contribution in [0.25, 0.3) is 0 Å². The van der Waals surface area contributed by atoms with E-state index < -0.39 is 28.8 Å². The van der Waals surface area contributed by atoms with Gasteiger partial charge in [-0.15, -0.1) is 24.5 Å². The maximum Gasteiger partial charge on any atom is 0.573 e. The number of alkyl halides is 3. The Kier molecular flexibility index (Phi) is 7.25. The summed E-state index contributed by atoms with van der Waals surface area (Å²) in [5.41, 5.74) is 1.45. The second-order valence-corrected chi connectivity index (χ2v) is 9.16. The van der Waals surface area contributed by atoms with E-state index in [9.17, 15) is 32.9 Å². The van der Waals surface area contributed by atoms with E-state index in [1.54, 1.807) is 0 Å². The van der Waals surface area contributed by atoms with Crippen LogP contribution in [0.4, 0.5) is 29.5 Å². The molecule has 0 saturated heterocycles. The third-order valence-corrected chi connectivity index (χ3v) is 6.77. The number of anilines is 2. The Bertz CT molecular complexity index is 1290. The third-order valence-electron chi connectivity index (χ3n) is 5.56. The van der Waals surface area contributed by atoms with Gasteiger partial charge in [0.1, 0.15) is 10.8 Å². The fourth-order valence-corrected chi connectivity index (χ4v) is 5.20. The Morgan fingerprint density at radius 1 is 0.917 bits per heavy atom. The predicted molar refractivity (Wildman–Crippen MR) is 128 cm³/mol. The van der Waals surface area contributed by atoms with E-state index in [1.165, 1.54) is 47.7 Å². The summed E-state index contributed by atoms with van der Waals surface area (Å²) < 4.78 is 41.1. The summed E-state index contributed by atoms with van der Waals surface area (Å²) in [6.07, 6.45) is -0.574. The molecule has 0 fully saturated rings. The van der Waals surface area contributed by atoms with Crippen molar-refractivity contribution >= 4 is 39.5 Å². The van der Waals surface area contributed by atoms with E-state index in [0.29, 0.717) is 17.0 Å². The van der Waals surface area contributed by atoms with E-state index in [2.05, 4.69) is 15.4 Å². The summed E-state index contributed by atoms with van der Waals surface area (Å²) >= 11 is 1.31. The minimum Gasteiger partial charge on any atom is -0.406 e. The Balaban J connectivity index is 1.58. The van der Waals surface area contributed by atoms with Gasteiger partial charge in [0, 0.05) is 28.3 Å². The highest BCUT2D eigenvalue weighted by molar-refractivity contribution is 7.17. The minimum atomic E-state index is -4.82. The second kappa shape index (κ2) is 10.4. The summed E-state index contributed by atoms with van der Waals surface area (Å²) in [5, 5.41) is 16.7. The zero-order valence-electron chi connectivity index (χ0n) is 18.7. The van der Waals surface area contributed by atoms with Gasteiger partial charge in [-0.2, -0.15) is 0 Å². The Morgan fingerprint density at radius 3 is 2.22 bits per heavy atom. The first kappa shape index (κ1) is 25.2. The number of non-ortho nitro benzene ring substituents is 1. The first-order valence-corrected chi connectivity index (χ1v) is 11.8. The van der Waals surface area contributed by atoms with Gasteiger partial charge in [-0.05, 0) is 67.6 Å². The Labute approximate surface area is 207 Å². The van der Waals surface area contributed by atoms with Gasteiger partial charge in [0.05, 0.1) is 10.5 Å². The summed E-state index contributed by atoms with van der Waals surface area (Å²) in [6, 6.07) is 9.87. The molecule has 0 bridgehead atoms. The summed E-state index contributed by atoms with van der Waals surface area (Å²) in [5.74, 6) is -1.44. The molecule has 1 aromatic heterocycles. The molecular weight excluding hydrogens is 499 g/mol. The van der Waals surface area contributed by atoms with Crippen LogP contribution in [0.2, 0.25) is 0 Å². The van der Waals surface area contributed by atoms with Gasteiger partial charge in [-0.1, -0.05) is 6.42 Å². The molecule has 0 radical (unpaired) electrons. The second-order valence-electron chi connectivity index (χ2n) is 8.05. The molecule has 0 saturated carbocycles. The number of carbonyl (C=O) groups is 2. The summed E-state index contributed by atoms with van der Waals surface area (Å²) in [7, 11) is 0. The topological polar surface area (TPSA) is 111 Å². The van der Waals surface area contributed by atoms with Crippen molar-refractivity contribution in [1.29, 1.82) is 0 Å². The maximum absolute atomic E-state index is 13.3. The van der Waals surface area contributed by atoms with Gasteiger partial charge >= 0.3 is 6.36 Å². The first-order valence-electron chi connectivity index (χ1n) is 11.0. The normalized spacial score (nSPS) is 13.3. The van der Waals surface area contributed by atoms with Crippen LogP contribution in [0.5, 0.6) is 5.75 Å². The van der Waals surface area contributed by atoms with Crippen molar-refractivity contribution < 1.29 is 32.4 Å². The largest absolute Gasteiger partial charge is 0.573 e. The number of ether oxygens (including phenoxy) is 1. The quantitative estimate of drug-likeness (QED) is 0.225. The number of nitro benzene ring substituents is 1. The molecule has 0 unspecified atom stereocenters. The molecular formula is C24H20F3N3O5S. The smallest absolute Gasteiger partial charge is 0.406 e. The molecule has 8 nitrogen and oxygen atoms in total. The number of rotatable bonds is 6. The molecule has 1 aliphatic carbocycles. The summed E-state index contributed by atoms with van der Waals surface area (Å²) in [4.78, 5) is 37.4. The highest BCUT2D eigenvalue weighted by Gasteiger charge is 2.31. The van der Waals surface area contributed by atoms with Crippen LogP contribution < -0.4 is 15.4 Å². The molecule has 188 valence electrons. The van der Waals surface area contributed by atoms with Gasteiger partial charge in [0.15, 0.2) is 0 Å². The van der Waals surface area contributed by atoms with Crippen molar-refractivity contribution in [2.75, 3.05) is 10.6 Å². The molecule has 1 aliphatic rings. The van der Waals surface area contributed by atoms with Crippen LogP contribution in [0, 0.1) is 10.1 Å². The van der Waals surface area contributed by atoms with Gasteiger partial charge in [0.2, 0.25) is 0 Å². The van der Waals surface area contributed by atoms with Crippen molar-refractivity contribution in [1.82, 2.24) is 0 Å². The Morgan fingerprint density at radius 2 is 1.58 bits per heavy atom. The van der Waals surface area contributed by atoms with Crippen LogP contribution in [0.3, 0.4) is 0 Å². The van der Waals surface area contributed by atoms with Gasteiger partial charge < -0.3 is 15.4 Å². The van der Waals surface area contributed by atoms with E-state index in [0.717, 1.165) is 48.3 Å². The fourth-order valence-electron chi connectivity index (χ4n) is 3.91. The molecule has 2 amide bonds. The van der Waals surface area contributed by atoms with E-state index in [-0.39, 0.29) is 16.9 Å². The molecule has 2 N–H and O–H groups in total. The molecule has 36 heavy (non-hydrogen) atoms. The average Bonchev–Trinajstić information content (AvgIpc) is 2.99. The van der Waals surface area contributed by atoms with Gasteiger partial charge in [-0.25, -0.2) is 0 Å². The van der Waals surface area contributed by atoms with Crippen molar-refractivity contribution in [3.8, 4) is 5.75 Å². The number of hydrogen-bond donors (Lipinski definition) is 2. The number of carbonyl (C=O) groups excluding carboxylic acids is 2. The molecule has 0 spiro atoms. The van der Waals surface area contributed by atoms with Crippen LogP contribution in [0.1, 0.15) is 50.4 Å². The minimum absolute atomic E-state index is 0.152. The SMILES string of the molecule is O=C(Nc1sc2c(c1C(=O)Nc1ccc(OC(F)(F)F)cc1)CCCCC2)c1ccc([N+](=O)[O-])cc1. The van der Waals surface area contributed by atoms with Crippen LogP contribution in [0.15, 0.2) is 48.5 Å². The number of amides is 2. The van der Waals surface area contributed by atoms with Crippen molar-refractivity contribution in [2.45, 2.75) is 38.5 Å². The molecule has 12 heteroatoms. The van der Waals surface area contributed by atoms with Crippen molar-refractivity contribution in [3.63, 3.8) is 0 Å². The highest BCUT2D eigenvalue weighted by Crippen LogP contribution is 2.38. The lowest BCUT2D eigenvalue weighted by atomic mass is 10.0. The molecule has 1 heterocycles. The lowest BCUT2D eigenvalue weighted by Crippen LogP contribution is -2.18.